The zero-order valence-electron chi connectivity index (χ0n) is 22.0. The van der Waals surface area contributed by atoms with Gasteiger partial charge in [0, 0.05) is 23.8 Å². The summed E-state index contributed by atoms with van der Waals surface area (Å²) in [4.78, 5) is 0. The van der Waals surface area contributed by atoms with Gasteiger partial charge in [-0.25, -0.2) is 0 Å². The summed E-state index contributed by atoms with van der Waals surface area (Å²) in [5, 5.41) is 7.24. The molecule has 0 fully saturated rings. The molecule has 0 aliphatic carbocycles. The Labute approximate surface area is 213 Å². The van der Waals surface area contributed by atoms with Crippen molar-refractivity contribution in [3.63, 3.8) is 0 Å². The second kappa shape index (κ2) is 14.7. The van der Waals surface area contributed by atoms with Crippen molar-refractivity contribution in [1.82, 2.24) is 5.32 Å². The predicted octanol–water partition coefficient (Wildman–Crippen LogP) is 7.77. The molecule has 4 N–H and O–H groups in total. The molecule has 2 atom stereocenters. The van der Waals surface area contributed by atoms with Gasteiger partial charge in [0.1, 0.15) is 0 Å². The Hall–Kier alpha value is -3.46. The highest BCUT2D eigenvalue weighted by atomic mass is 15.0. The molecule has 2 aromatic rings. The van der Waals surface area contributed by atoms with Gasteiger partial charge in [0.2, 0.25) is 0 Å². The third-order valence-electron chi connectivity index (χ3n) is 6.04. The zero-order valence-corrected chi connectivity index (χ0v) is 22.0. The molecule has 0 radical (unpaired) electrons. The number of anilines is 1. The average molecular weight is 470 g/mol. The van der Waals surface area contributed by atoms with E-state index in [2.05, 4.69) is 93.1 Å². The van der Waals surface area contributed by atoms with Gasteiger partial charge in [-0.3, -0.25) is 0 Å². The molecule has 3 heteroatoms. The fourth-order valence-electron chi connectivity index (χ4n) is 4.13. The zero-order chi connectivity index (χ0) is 25.6. The Morgan fingerprint density at radius 3 is 2.31 bits per heavy atom. The normalized spacial score (nSPS) is 17.3. The molecule has 186 valence electrons. The summed E-state index contributed by atoms with van der Waals surface area (Å²) in [6.45, 7) is 17.8. The quantitative estimate of drug-likeness (QED) is 0.329. The van der Waals surface area contributed by atoms with Gasteiger partial charge < -0.3 is 16.4 Å². The summed E-state index contributed by atoms with van der Waals surface area (Å²) >= 11 is 0. The molecule has 35 heavy (non-hydrogen) atoms. The summed E-state index contributed by atoms with van der Waals surface area (Å²) in [6.07, 6.45) is 12.8. The van der Waals surface area contributed by atoms with Gasteiger partial charge in [0.15, 0.2) is 0 Å². The molecular weight excluding hydrogens is 426 g/mol. The highest BCUT2D eigenvalue weighted by Crippen LogP contribution is 2.40. The van der Waals surface area contributed by atoms with Gasteiger partial charge in [0.05, 0.1) is 6.04 Å². The molecule has 0 saturated carbocycles. The molecule has 0 amide bonds. The Morgan fingerprint density at radius 1 is 1.03 bits per heavy atom. The van der Waals surface area contributed by atoms with E-state index in [9.17, 15) is 0 Å². The number of allylic oxidation sites excluding steroid dienone is 5. The average Bonchev–Trinajstić information content (AvgIpc) is 2.88. The summed E-state index contributed by atoms with van der Waals surface area (Å²) in [5.41, 5.74) is 14.0. The number of nitrogens with two attached hydrogens (primary N) is 1. The van der Waals surface area contributed by atoms with Crippen LogP contribution in [0.1, 0.15) is 63.1 Å². The summed E-state index contributed by atoms with van der Waals surface area (Å²) < 4.78 is 0. The molecule has 2 unspecified atom stereocenters. The maximum Gasteiger partial charge on any atom is 0.0543 e. The number of fused-ring (bicyclic) bond motifs is 1. The molecule has 1 aliphatic rings. The first kappa shape index (κ1) is 27.8. The molecule has 2 aromatic carbocycles. The number of rotatable bonds is 9. The molecule has 0 bridgehead atoms. The number of hydrogen-bond acceptors (Lipinski definition) is 3. The summed E-state index contributed by atoms with van der Waals surface area (Å²) in [7, 11) is 0. The van der Waals surface area contributed by atoms with Crippen LogP contribution in [0.15, 0.2) is 109 Å². The monoisotopic (exact) mass is 469 g/mol. The van der Waals surface area contributed by atoms with Crippen molar-refractivity contribution < 1.29 is 0 Å². The molecule has 1 aliphatic heterocycles. The van der Waals surface area contributed by atoms with Crippen molar-refractivity contribution >= 4 is 5.69 Å². The highest BCUT2D eigenvalue weighted by molar-refractivity contribution is 5.61. The SMILES string of the molecule is C=C(/C=C\C=C/C)/C(=C\N)C1CC(C(=C)NCc2ccc(CC)cc2)c2ccccc2N1.CCC. The van der Waals surface area contributed by atoms with Crippen LogP contribution in [0, 0.1) is 0 Å². The molecule has 3 rings (SSSR count). The first-order chi connectivity index (χ1) is 17.0. The topological polar surface area (TPSA) is 50.1 Å². The van der Waals surface area contributed by atoms with E-state index in [4.69, 9.17) is 5.73 Å². The molecule has 1 heterocycles. The lowest BCUT2D eigenvalue weighted by molar-refractivity contribution is 0.586. The van der Waals surface area contributed by atoms with E-state index < -0.39 is 0 Å². The third kappa shape index (κ3) is 8.06. The second-order valence-corrected chi connectivity index (χ2v) is 8.86. The van der Waals surface area contributed by atoms with Crippen molar-refractivity contribution in [2.24, 2.45) is 5.73 Å². The van der Waals surface area contributed by atoms with Crippen molar-refractivity contribution in [2.75, 3.05) is 5.32 Å². The minimum absolute atomic E-state index is 0.0602. The number of hydrogen-bond donors (Lipinski definition) is 3. The Kier molecular flexibility index (Phi) is 11.7. The van der Waals surface area contributed by atoms with Gasteiger partial charge in [-0.05, 0) is 59.9 Å². The summed E-state index contributed by atoms with van der Waals surface area (Å²) in [6, 6.07) is 17.3. The molecule has 0 aromatic heterocycles. The van der Waals surface area contributed by atoms with Crippen molar-refractivity contribution in [3.05, 3.63) is 126 Å². The summed E-state index contributed by atoms with van der Waals surface area (Å²) in [5.74, 6) is 0.176. The number of benzene rings is 2. The van der Waals surface area contributed by atoms with Crippen LogP contribution < -0.4 is 16.4 Å². The smallest absolute Gasteiger partial charge is 0.0543 e. The van der Waals surface area contributed by atoms with Gasteiger partial charge in [-0.1, -0.05) is 107 Å². The minimum Gasteiger partial charge on any atom is -0.404 e. The van der Waals surface area contributed by atoms with Gasteiger partial charge in [-0.2, -0.15) is 0 Å². The van der Waals surface area contributed by atoms with Crippen LogP contribution in [0.5, 0.6) is 0 Å². The minimum atomic E-state index is 0.0602. The first-order valence-corrected chi connectivity index (χ1v) is 12.7. The lowest BCUT2D eigenvalue weighted by Gasteiger charge is -2.36. The van der Waals surface area contributed by atoms with E-state index in [1.54, 1.807) is 6.20 Å². The lowest BCUT2D eigenvalue weighted by Crippen LogP contribution is -2.33. The van der Waals surface area contributed by atoms with Gasteiger partial charge in [0.25, 0.3) is 0 Å². The van der Waals surface area contributed by atoms with Crippen LogP contribution in [-0.4, -0.2) is 6.04 Å². The van der Waals surface area contributed by atoms with Crippen molar-refractivity contribution in [2.45, 2.75) is 65.5 Å². The Bertz CT molecular complexity index is 1040. The van der Waals surface area contributed by atoms with E-state index in [0.717, 1.165) is 41.9 Å². The molecule has 0 saturated heterocycles. The van der Waals surface area contributed by atoms with Crippen LogP contribution in [0.2, 0.25) is 0 Å². The lowest BCUT2D eigenvalue weighted by atomic mass is 9.81. The third-order valence-corrected chi connectivity index (χ3v) is 6.04. The number of para-hydroxylation sites is 1. The fraction of sp³-hybridized carbons (Fsp3) is 0.312. The van der Waals surface area contributed by atoms with Crippen LogP contribution in [0.25, 0.3) is 0 Å². The predicted molar refractivity (Wildman–Crippen MR) is 154 cm³/mol. The standard InChI is InChI=1S/C29H35N3.C3H8/c1-5-7-8-11-21(3)27(19-30)29-18-26(25-12-9-10-13-28(25)32-29)22(4)31-20-24-16-14-23(6-2)15-17-24;1-3-2/h5,7-17,19,26,29,31-32H,3-4,6,18,20,30H2,1-2H3;3H2,1-2H3/b7-5-,11-8-,27-19+;. The second-order valence-electron chi connectivity index (χ2n) is 8.86. The Balaban J connectivity index is 0.00000137. The Morgan fingerprint density at radius 2 is 1.69 bits per heavy atom. The van der Waals surface area contributed by atoms with Gasteiger partial charge in [-0.15, -0.1) is 0 Å². The largest absolute Gasteiger partial charge is 0.404 e. The van der Waals surface area contributed by atoms with Crippen LogP contribution in [-0.2, 0) is 13.0 Å². The number of aryl methyl sites for hydroxylation is 1. The maximum atomic E-state index is 6.06. The van der Waals surface area contributed by atoms with E-state index >= 15 is 0 Å². The molecule has 3 nitrogen and oxygen atoms in total. The first-order valence-electron chi connectivity index (χ1n) is 12.7. The van der Waals surface area contributed by atoms with E-state index in [0.29, 0.717) is 0 Å². The number of nitrogens with one attached hydrogen (secondary N) is 2. The van der Waals surface area contributed by atoms with Crippen LogP contribution in [0.4, 0.5) is 5.69 Å². The van der Waals surface area contributed by atoms with E-state index in [1.165, 1.54) is 23.1 Å². The van der Waals surface area contributed by atoms with Crippen LogP contribution >= 0.6 is 0 Å². The molecule has 0 spiro atoms. The highest BCUT2D eigenvalue weighted by Gasteiger charge is 2.30. The van der Waals surface area contributed by atoms with Crippen molar-refractivity contribution in [1.29, 1.82) is 0 Å². The fourth-order valence-corrected chi connectivity index (χ4v) is 4.13. The molecular formula is C32H43N3. The van der Waals surface area contributed by atoms with Crippen LogP contribution in [0.3, 0.4) is 0 Å². The van der Waals surface area contributed by atoms with E-state index in [1.807, 2.05) is 31.2 Å². The van der Waals surface area contributed by atoms with Gasteiger partial charge >= 0.3 is 0 Å². The van der Waals surface area contributed by atoms with Crippen molar-refractivity contribution in [3.8, 4) is 0 Å². The van der Waals surface area contributed by atoms with E-state index in [-0.39, 0.29) is 12.0 Å². The maximum absolute atomic E-state index is 6.06.